The third kappa shape index (κ3) is 3.21. The number of nitrogens with zero attached hydrogens (tertiary/aromatic N) is 1. The quantitative estimate of drug-likeness (QED) is 0.655. The molecule has 2 heteroatoms. The summed E-state index contributed by atoms with van der Waals surface area (Å²) in [5.74, 6) is 0. The van der Waals surface area contributed by atoms with Gasteiger partial charge in [0.2, 0.25) is 0 Å². The van der Waals surface area contributed by atoms with Crippen LogP contribution in [-0.4, -0.2) is 37.6 Å². The second-order valence-electron chi connectivity index (χ2n) is 3.53. The van der Waals surface area contributed by atoms with E-state index < -0.39 is 0 Å². The van der Waals surface area contributed by atoms with E-state index in [4.69, 9.17) is 0 Å². The van der Waals surface area contributed by atoms with Crippen LogP contribution >= 0.6 is 0 Å². The van der Waals surface area contributed by atoms with Crippen molar-refractivity contribution in [2.45, 2.75) is 32.2 Å². The Hall–Kier alpha value is -0.0800. The zero-order chi connectivity index (χ0) is 8.10. The van der Waals surface area contributed by atoms with Crippen molar-refractivity contribution in [3.05, 3.63) is 0 Å². The minimum absolute atomic E-state index is 0.676. The highest BCUT2D eigenvalue weighted by Crippen LogP contribution is 2.07. The topological polar surface area (TPSA) is 15.3 Å². The van der Waals surface area contributed by atoms with Gasteiger partial charge in [-0.05, 0) is 52.9 Å². The van der Waals surface area contributed by atoms with E-state index in [2.05, 4.69) is 17.1 Å². The van der Waals surface area contributed by atoms with Gasteiger partial charge in [0, 0.05) is 6.04 Å². The van der Waals surface area contributed by atoms with Crippen LogP contribution in [0, 0.1) is 0 Å². The molecule has 66 valence electrons. The summed E-state index contributed by atoms with van der Waals surface area (Å²) in [5, 5.41) is 3.26. The van der Waals surface area contributed by atoms with Gasteiger partial charge in [0.25, 0.3) is 0 Å². The fourth-order valence-corrected chi connectivity index (χ4v) is 1.53. The molecule has 0 aliphatic carbocycles. The Labute approximate surface area is 70.0 Å². The molecule has 2 nitrogen and oxygen atoms in total. The first-order valence-electron chi connectivity index (χ1n) is 4.72. The molecule has 0 radical (unpaired) electrons. The Kier molecular flexibility index (Phi) is 3.87. The lowest BCUT2D eigenvalue weighted by Crippen LogP contribution is -2.28. The average Bonchev–Trinajstić information content (AvgIpc) is 2.52. The predicted octanol–water partition coefficient (Wildman–Crippen LogP) is 1.08. The van der Waals surface area contributed by atoms with Gasteiger partial charge in [-0.2, -0.15) is 0 Å². The van der Waals surface area contributed by atoms with Crippen LogP contribution in [0.2, 0.25) is 0 Å². The lowest BCUT2D eigenvalue weighted by atomic mass is 10.2. The van der Waals surface area contributed by atoms with Crippen molar-refractivity contribution in [1.82, 2.24) is 10.2 Å². The van der Waals surface area contributed by atoms with E-state index in [1.807, 2.05) is 7.05 Å². The number of hydrogen-bond donors (Lipinski definition) is 1. The molecule has 0 aromatic carbocycles. The van der Waals surface area contributed by atoms with E-state index in [9.17, 15) is 0 Å². The van der Waals surface area contributed by atoms with Gasteiger partial charge in [-0.1, -0.05) is 0 Å². The highest BCUT2D eigenvalue weighted by atomic mass is 15.1. The summed E-state index contributed by atoms with van der Waals surface area (Å²) in [4.78, 5) is 2.56. The molecule has 1 saturated heterocycles. The van der Waals surface area contributed by atoms with Crippen molar-refractivity contribution in [3.63, 3.8) is 0 Å². The first-order chi connectivity index (χ1) is 5.33. The summed E-state index contributed by atoms with van der Waals surface area (Å²) in [6.07, 6.45) is 4.11. The van der Waals surface area contributed by atoms with Crippen LogP contribution in [0.15, 0.2) is 0 Å². The van der Waals surface area contributed by atoms with Crippen LogP contribution < -0.4 is 5.32 Å². The molecule has 0 saturated carbocycles. The minimum atomic E-state index is 0.676. The first kappa shape index (κ1) is 9.01. The summed E-state index contributed by atoms with van der Waals surface area (Å²) >= 11 is 0. The summed E-state index contributed by atoms with van der Waals surface area (Å²) in [6.45, 7) is 6.19. The summed E-state index contributed by atoms with van der Waals surface area (Å²) in [7, 11) is 2.04. The molecular weight excluding hydrogens is 136 g/mol. The Morgan fingerprint density at radius 3 is 2.55 bits per heavy atom. The SMILES string of the molecule is CN[C@@H](C)CCN1CCCC1. The van der Waals surface area contributed by atoms with Crippen LogP contribution in [0.25, 0.3) is 0 Å². The molecule has 1 aliphatic rings. The van der Waals surface area contributed by atoms with Gasteiger partial charge in [0.1, 0.15) is 0 Å². The number of nitrogens with one attached hydrogen (secondary N) is 1. The fourth-order valence-electron chi connectivity index (χ4n) is 1.53. The fraction of sp³-hybridized carbons (Fsp3) is 1.00. The number of rotatable bonds is 4. The van der Waals surface area contributed by atoms with Gasteiger partial charge in [-0.25, -0.2) is 0 Å². The van der Waals surface area contributed by atoms with Crippen LogP contribution in [0.3, 0.4) is 0 Å². The molecule has 0 aromatic heterocycles. The Morgan fingerprint density at radius 2 is 2.00 bits per heavy atom. The summed E-state index contributed by atoms with van der Waals surface area (Å²) < 4.78 is 0. The van der Waals surface area contributed by atoms with Crippen LogP contribution in [0.5, 0.6) is 0 Å². The molecule has 1 fully saturated rings. The predicted molar refractivity (Wildman–Crippen MR) is 48.8 cm³/mol. The molecule has 1 atom stereocenters. The molecule has 0 spiro atoms. The second kappa shape index (κ2) is 4.73. The average molecular weight is 156 g/mol. The minimum Gasteiger partial charge on any atom is -0.317 e. The van der Waals surface area contributed by atoms with Crippen molar-refractivity contribution in [3.8, 4) is 0 Å². The Morgan fingerprint density at radius 1 is 1.36 bits per heavy atom. The molecule has 1 N–H and O–H groups in total. The number of likely N-dealkylation sites (tertiary alicyclic amines) is 1. The van der Waals surface area contributed by atoms with E-state index in [0.717, 1.165) is 0 Å². The molecule has 11 heavy (non-hydrogen) atoms. The highest BCUT2D eigenvalue weighted by Gasteiger charge is 2.11. The normalized spacial score (nSPS) is 22.4. The maximum absolute atomic E-state index is 3.26. The maximum atomic E-state index is 3.26. The largest absolute Gasteiger partial charge is 0.317 e. The molecule has 1 rings (SSSR count). The summed E-state index contributed by atoms with van der Waals surface area (Å²) in [6, 6.07) is 0.676. The van der Waals surface area contributed by atoms with Gasteiger partial charge in [-0.3, -0.25) is 0 Å². The molecular formula is C9H20N2. The first-order valence-corrected chi connectivity index (χ1v) is 4.72. The third-order valence-corrected chi connectivity index (χ3v) is 2.57. The zero-order valence-corrected chi connectivity index (χ0v) is 7.77. The molecule has 1 heterocycles. The van der Waals surface area contributed by atoms with Crippen molar-refractivity contribution < 1.29 is 0 Å². The van der Waals surface area contributed by atoms with E-state index >= 15 is 0 Å². The van der Waals surface area contributed by atoms with Crippen LogP contribution in [0.4, 0.5) is 0 Å². The van der Waals surface area contributed by atoms with Crippen molar-refractivity contribution >= 4 is 0 Å². The zero-order valence-electron chi connectivity index (χ0n) is 7.77. The smallest absolute Gasteiger partial charge is 0.00479 e. The van der Waals surface area contributed by atoms with Gasteiger partial charge in [0.15, 0.2) is 0 Å². The molecule has 0 amide bonds. The molecule has 0 unspecified atom stereocenters. The van der Waals surface area contributed by atoms with Gasteiger partial charge >= 0.3 is 0 Å². The van der Waals surface area contributed by atoms with Crippen molar-refractivity contribution in [2.24, 2.45) is 0 Å². The van der Waals surface area contributed by atoms with E-state index in [1.165, 1.54) is 38.9 Å². The standard InChI is InChI=1S/C9H20N2/c1-9(10-2)5-8-11-6-3-4-7-11/h9-10H,3-8H2,1-2H3/t9-/m0/s1. The van der Waals surface area contributed by atoms with Gasteiger partial charge < -0.3 is 10.2 Å². The summed E-state index contributed by atoms with van der Waals surface area (Å²) in [5.41, 5.74) is 0. The number of hydrogen-bond acceptors (Lipinski definition) is 2. The molecule has 1 aliphatic heterocycles. The Bertz CT molecular complexity index is 97.7. The van der Waals surface area contributed by atoms with Crippen LogP contribution in [0.1, 0.15) is 26.2 Å². The van der Waals surface area contributed by atoms with Crippen molar-refractivity contribution in [2.75, 3.05) is 26.7 Å². The lowest BCUT2D eigenvalue weighted by molar-refractivity contribution is 0.317. The van der Waals surface area contributed by atoms with Gasteiger partial charge in [-0.15, -0.1) is 0 Å². The third-order valence-electron chi connectivity index (χ3n) is 2.57. The lowest BCUT2D eigenvalue weighted by Gasteiger charge is -2.17. The van der Waals surface area contributed by atoms with Crippen molar-refractivity contribution in [1.29, 1.82) is 0 Å². The molecule has 0 aromatic rings. The van der Waals surface area contributed by atoms with E-state index in [1.54, 1.807) is 0 Å². The van der Waals surface area contributed by atoms with Crippen LogP contribution in [-0.2, 0) is 0 Å². The van der Waals surface area contributed by atoms with Gasteiger partial charge in [0.05, 0.1) is 0 Å². The monoisotopic (exact) mass is 156 g/mol. The maximum Gasteiger partial charge on any atom is 0.00479 e. The highest BCUT2D eigenvalue weighted by molar-refractivity contribution is 4.68. The molecule has 0 bridgehead atoms. The second-order valence-corrected chi connectivity index (χ2v) is 3.53. The Balaban J connectivity index is 2.01. The van der Waals surface area contributed by atoms with E-state index in [-0.39, 0.29) is 0 Å². The van der Waals surface area contributed by atoms with E-state index in [0.29, 0.717) is 6.04 Å².